The van der Waals surface area contributed by atoms with Crippen molar-refractivity contribution in [3.63, 3.8) is 0 Å². The molecular weight excluding hydrogens is 224 g/mol. The maximum absolute atomic E-state index is 11.6. The van der Waals surface area contributed by atoms with Crippen LogP contribution in [0.25, 0.3) is 0 Å². The molecule has 0 aliphatic rings. The maximum Gasteiger partial charge on any atom is 0.333 e. The molecule has 0 N–H and O–H groups in total. The lowest BCUT2D eigenvalue weighted by atomic mass is 10.3. The summed E-state index contributed by atoms with van der Waals surface area (Å²) in [4.78, 5) is 22.8. The van der Waals surface area contributed by atoms with Crippen molar-refractivity contribution in [1.82, 2.24) is 0 Å². The number of hydrogen-bond donors (Lipinski definition) is 0. The van der Waals surface area contributed by atoms with Gasteiger partial charge in [-0.25, -0.2) is 9.59 Å². The van der Waals surface area contributed by atoms with E-state index in [1.54, 1.807) is 0 Å². The highest BCUT2D eigenvalue weighted by molar-refractivity contribution is 6.72. The molecule has 0 saturated carbocycles. The van der Waals surface area contributed by atoms with Gasteiger partial charge < -0.3 is 9.16 Å². The van der Waals surface area contributed by atoms with Crippen molar-refractivity contribution in [3.05, 3.63) is 12.2 Å². The summed E-state index contributed by atoms with van der Waals surface area (Å²) in [5.41, 5.74) is 0.270. The number of esters is 1. The fraction of sp³-hybridized carbons (Fsp3) is 0.636. The van der Waals surface area contributed by atoms with Crippen LogP contribution in [0.5, 0.6) is 0 Å². The van der Waals surface area contributed by atoms with Crippen molar-refractivity contribution in [2.24, 2.45) is 0 Å². The van der Waals surface area contributed by atoms with E-state index in [9.17, 15) is 9.59 Å². The van der Waals surface area contributed by atoms with Gasteiger partial charge >= 0.3 is 11.9 Å². The third kappa shape index (κ3) is 5.11. The van der Waals surface area contributed by atoms with E-state index >= 15 is 0 Å². The van der Waals surface area contributed by atoms with Crippen LogP contribution in [-0.2, 0) is 18.8 Å². The van der Waals surface area contributed by atoms with E-state index in [0.29, 0.717) is 0 Å². The van der Waals surface area contributed by atoms with Crippen LogP contribution in [0, 0.1) is 0 Å². The van der Waals surface area contributed by atoms with Crippen molar-refractivity contribution in [3.8, 4) is 0 Å². The molecule has 4 nitrogen and oxygen atoms in total. The Hall–Kier alpha value is -1.10. The van der Waals surface area contributed by atoms with E-state index in [2.05, 4.69) is 6.58 Å². The van der Waals surface area contributed by atoms with Crippen molar-refractivity contribution < 1.29 is 18.8 Å². The normalized spacial score (nSPS) is 12.8. The van der Waals surface area contributed by atoms with E-state index in [1.165, 1.54) is 13.8 Å². The Balaban J connectivity index is 4.30. The molecule has 0 aromatic carbocycles. The molecule has 0 heterocycles. The summed E-state index contributed by atoms with van der Waals surface area (Å²) >= 11 is 0. The Labute approximate surface area is 97.8 Å². The number of carbonyl (C=O) groups is 2. The first-order valence-corrected chi connectivity index (χ1v) is 8.40. The second-order valence-electron chi connectivity index (χ2n) is 4.36. The molecule has 1 unspecified atom stereocenters. The number of carbonyl (C=O) groups excluding carboxylic acids is 2. The van der Waals surface area contributed by atoms with Crippen LogP contribution in [0.2, 0.25) is 19.1 Å². The summed E-state index contributed by atoms with van der Waals surface area (Å²) in [5, 5.41) is 0. The Bertz CT molecular complexity index is 296. The highest BCUT2D eigenvalue weighted by atomic mass is 28.4. The first-order chi connectivity index (χ1) is 7.19. The van der Waals surface area contributed by atoms with Crippen LogP contribution in [-0.4, -0.2) is 26.4 Å². The minimum atomic E-state index is -1.94. The highest BCUT2D eigenvalue weighted by Crippen LogP contribution is 2.12. The molecule has 0 aliphatic carbocycles. The van der Waals surface area contributed by atoms with Gasteiger partial charge in [0.25, 0.3) is 0 Å². The van der Waals surface area contributed by atoms with Gasteiger partial charge in [0.15, 0.2) is 6.10 Å². The summed E-state index contributed by atoms with van der Waals surface area (Å²) in [6, 6.07) is 0.833. The lowest BCUT2D eigenvalue weighted by Crippen LogP contribution is -2.38. The van der Waals surface area contributed by atoms with Gasteiger partial charge in [-0.15, -0.1) is 0 Å². The van der Waals surface area contributed by atoms with Crippen LogP contribution < -0.4 is 0 Å². The van der Waals surface area contributed by atoms with Gasteiger partial charge in [-0.2, -0.15) is 0 Å². The predicted molar refractivity (Wildman–Crippen MR) is 64.4 cm³/mol. The predicted octanol–water partition coefficient (Wildman–Crippen LogP) is 2.26. The van der Waals surface area contributed by atoms with E-state index in [1.807, 2.05) is 20.0 Å². The van der Waals surface area contributed by atoms with Gasteiger partial charge in [0, 0.05) is 5.57 Å². The maximum atomic E-state index is 11.6. The molecule has 1 atom stereocenters. The van der Waals surface area contributed by atoms with Gasteiger partial charge in [-0.1, -0.05) is 13.5 Å². The SMILES string of the molecule is C=C(C)C(=O)OC(C)C(=O)O[Si](C)(C)CC. The van der Waals surface area contributed by atoms with Crippen LogP contribution in [0.15, 0.2) is 12.2 Å². The molecule has 0 aromatic rings. The standard InChI is InChI=1S/C11H20O4Si/c1-7-16(5,6)15-11(13)9(4)14-10(12)8(2)3/h9H,2,7H2,1,3-6H3. The van der Waals surface area contributed by atoms with Crippen molar-refractivity contribution in [2.45, 2.75) is 46.0 Å². The molecule has 0 spiro atoms. The van der Waals surface area contributed by atoms with Crippen LogP contribution in [0.1, 0.15) is 20.8 Å². The first kappa shape index (κ1) is 14.9. The Morgan fingerprint density at radius 3 is 2.25 bits per heavy atom. The van der Waals surface area contributed by atoms with Gasteiger partial charge in [-0.3, -0.25) is 0 Å². The average molecular weight is 244 g/mol. The summed E-state index contributed by atoms with van der Waals surface area (Å²) in [6.45, 7) is 12.3. The lowest BCUT2D eigenvalue weighted by molar-refractivity contribution is -0.158. The molecule has 5 heteroatoms. The molecule has 0 aliphatic heterocycles. The Kier molecular flexibility index (Phi) is 5.44. The molecule has 0 fully saturated rings. The fourth-order valence-corrected chi connectivity index (χ4v) is 1.59. The Morgan fingerprint density at radius 1 is 1.38 bits per heavy atom. The van der Waals surface area contributed by atoms with E-state index < -0.39 is 26.4 Å². The zero-order chi connectivity index (χ0) is 12.9. The molecule has 0 radical (unpaired) electrons. The second kappa shape index (κ2) is 5.84. The largest absolute Gasteiger partial charge is 0.517 e. The number of hydrogen-bond acceptors (Lipinski definition) is 4. The minimum Gasteiger partial charge on any atom is -0.517 e. The summed E-state index contributed by atoms with van der Waals surface area (Å²) < 4.78 is 10.2. The second-order valence-corrected chi connectivity index (χ2v) is 8.79. The summed E-state index contributed by atoms with van der Waals surface area (Å²) in [7, 11) is -1.94. The zero-order valence-electron chi connectivity index (χ0n) is 10.6. The average Bonchev–Trinajstić information content (AvgIpc) is 2.16. The molecule has 92 valence electrons. The molecule has 16 heavy (non-hydrogen) atoms. The number of ether oxygens (including phenoxy) is 1. The van der Waals surface area contributed by atoms with Crippen molar-refractivity contribution >= 4 is 20.3 Å². The van der Waals surface area contributed by atoms with Crippen molar-refractivity contribution in [1.29, 1.82) is 0 Å². The van der Waals surface area contributed by atoms with Crippen LogP contribution in [0.3, 0.4) is 0 Å². The third-order valence-corrected chi connectivity index (χ3v) is 4.65. The van der Waals surface area contributed by atoms with Gasteiger partial charge in [0.05, 0.1) is 0 Å². The monoisotopic (exact) mass is 244 g/mol. The zero-order valence-corrected chi connectivity index (χ0v) is 11.6. The molecule has 0 rings (SSSR count). The fourth-order valence-electron chi connectivity index (χ4n) is 0.737. The van der Waals surface area contributed by atoms with E-state index in [-0.39, 0.29) is 5.57 Å². The van der Waals surface area contributed by atoms with E-state index in [0.717, 1.165) is 6.04 Å². The molecule has 0 saturated heterocycles. The number of rotatable bonds is 5. The third-order valence-electron chi connectivity index (χ3n) is 2.19. The van der Waals surface area contributed by atoms with Crippen LogP contribution in [0.4, 0.5) is 0 Å². The topological polar surface area (TPSA) is 52.6 Å². The van der Waals surface area contributed by atoms with Crippen LogP contribution >= 0.6 is 0 Å². The Morgan fingerprint density at radius 2 is 1.88 bits per heavy atom. The lowest BCUT2D eigenvalue weighted by Gasteiger charge is -2.23. The smallest absolute Gasteiger partial charge is 0.333 e. The minimum absolute atomic E-state index is 0.270. The van der Waals surface area contributed by atoms with Gasteiger partial charge in [-0.05, 0) is 33.0 Å². The van der Waals surface area contributed by atoms with Gasteiger partial charge in [0.1, 0.15) is 0 Å². The molecule has 0 amide bonds. The molecule has 0 bridgehead atoms. The van der Waals surface area contributed by atoms with Gasteiger partial charge in [0.2, 0.25) is 8.32 Å². The molecule has 0 aromatic heterocycles. The quantitative estimate of drug-likeness (QED) is 0.423. The first-order valence-electron chi connectivity index (χ1n) is 5.29. The van der Waals surface area contributed by atoms with Crippen molar-refractivity contribution in [2.75, 3.05) is 0 Å². The molecular formula is C11H20O4Si. The summed E-state index contributed by atoms with van der Waals surface area (Å²) in [5.74, 6) is -1.05. The van der Waals surface area contributed by atoms with E-state index in [4.69, 9.17) is 9.16 Å². The summed E-state index contributed by atoms with van der Waals surface area (Å²) in [6.07, 6.45) is -0.873. The highest BCUT2D eigenvalue weighted by Gasteiger charge is 2.28.